The number of allylic oxidation sites excluding steroid dienone is 1. The summed E-state index contributed by atoms with van der Waals surface area (Å²) in [7, 11) is -3.56. The van der Waals surface area contributed by atoms with Gasteiger partial charge in [0.15, 0.2) is 6.10 Å². The lowest BCUT2D eigenvalue weighted by atomic mass is 9.67. The number of carbonyl (C=O) groups is 4. The highest BCUT2D eigenvalue weighted by atomic mass is 32.2. The number of carbonyl (C=O) groups excluding carboxylic acids is 4. The van der Waals surface area contributed by atoms with Gasteiger partial charge in [0.25, 0.3) is 21.7 Å². The number of fused-ring (bicyclic) bond motifs is 6. The maximum absolute atomic E-state index is 14.7. The van der Waals surface area contributed by atoms with Gasteiger partial charge in [-0.05, 0) is 67.7 Å². The average molecular weight is 658 g/mol. The quantitative estimate of drug-likeness (QED) is 0.254. The number of nitrogens with zero attached hydrogens (tertiary/aromatic N) is 3. The third-order valence-electron chi connectivity index (χ3n) is 9.12. The van der Waals surface area contributed by atoms with Crippen molar-refractivity contribution < 1.29 is 42.2 Å². The number of para-hydroxylation sites is 1. The molecule has 3 aromatic carbocycles. The molecule has 1 N–H and O–H groups in total. The molecule has 4 aliphatic rings. The summed E-state index contributed by atoms with van der Waals surface area (Å²) in [6.07, 6.45) is -2.86. The Morgan fingerprint density at radius 3 is 2.26 bits per heavy atom. The molecule has 0 spiro atoms. The number of anilines is 1. The number of hydrogen-bond donors (Lipinski definition) is 1. The van der Waals surface area contributed by atoms with Gasteiger partial charge in [0.1, 0.15) is 17.2 Å². The lowest BCUT2D eigenvalue weighted by Gasteiger charge is -2.44. The van der Waals surface area contributed by atoms with Gasteiger partial charge >= 0.3 is 18.0 Å². The summed E-state index contributed by atoms with van der Waals surface area (Å²) in [5.74, 6) is -3.92. The Morgan fingerprint density at radius 2 is 1.55 bits per heavy atom. The Labute approximate surface area is 270 Å². The molecule has 13 heteroatoms. The maximum atomic E-state index is 14.7. The molecule has 47 heavy (non-hydrogen) atoms. The summed E-state index contributed by atoms with van der Waals surface area (Å²) in [5.41, 5.74) is -3.81. The predicted octanol–water partition coefficient (Wildman–Crippen LogP) is 2.95. The molecule has 7 rings (SSSR count). The summed E-state index contributed by atoms with van der Waals surface area (Å²) >= 11 is 0. The van der Waals surface area contributed by atoms with Crippen LogP contribution in [0.5, 0.6) is 0 Å². The van der Waals surface area contributed by atoms with Crippen molar-refractivity contribution in [2.75, 3.05) is 11.4 Å². The van der Waals surface area contributed by atoms with Gasteiger partial charge in [0.2, 0.25) is 0 Å². The molecule has 0 bridgehead atoms. The van der Waals surface area contributed by atoms with Crippen LogP contribution in [0.2, 0.25) is 0 Å². The Kier molecular flexibility index (Phi) is 6.51. The lowest BCUT2D eigenvalue weighted by molar-refractivity contribution is -0.206. The van der Waals surface area contributed by atoms with E-state index >= 15 is 0 Å². The van der Waals surface area contributed by atoms with Gasteiger partial charge in [0.05, 0.1) is 10.6 Å². The van der Waals surface area contributed by atoms with E-state index in [1.807, 2.05) is 12.1 Å². The van der Waals surface area contributed by atoms with Crippen molar-refractivity contribution in [3.63, 3.8) is 0 Å². The molecule has 0 aromatic heterocycles. The second-order valence-electron chi connectivity index (χ2n) is 12.9. The summed E-state index contributed by atoms with van der Waals surface area (Å²) in [4.78, 5) is 56.1. The summed E-state index contributed by atoms with van der Waals surface area (Å²) in [6.45, 7) is 4.79. The molecular formula is C34H31N3O9S. The molecule has 2 saturated heterocycles. The van der Waals surface area contributed by atoms with Crippen molar-refractivity contribution in [3.8, 4) is 0 Å². The Morgan fingerprint density at radius 1 is 0.915 bits per heavy atom. The first kappa shape index (κ1) is 30.6. The van der Waals surface area contributed by atoms with Crippen molar-refractivity contribution in [2.24, 2.45) is 0 Å². The van der Waals surface area contributed by atoms with E-state index in [2.05, 4.69) is 0 Å². The number of sulfonamides is 1. The van der Waals surface area contributed by atoms with E-state index in [4.69, 9.17) is 9.47 Å². The van der Waals surface area contributed by atoms with Crippen LogP contribution in [0.1, 0.15) is 37.5 Å². The first-order valence-corrected chi connectivity index (χ1v) is 16.4. The van der Waals surface area contributed by atoms with Gasteiger partial charge in [-0.2, -0.15) is 0 Å². The molecule has 3 aromatic rings. The van der Waals surface area contributed by atoms with Crippen LogP contribution in [0.15, 0.2) is 89.8 Å². The van der Waals surface area contributed by atoms with Crippen molar-refractivity contribution in [1.82, 2.24) is 9.80 Å². The number of amides is 3. The largest absolute Gasteiger partial charge is 0.509 e. The summed E-state index contributed by atoms with van der Waals surface area (Å²) < 4.78 is 41.9. The second-order valence-corrected chi connectivity index (χ2v) is 14.7. The molecule has 0 radical (unpaired) electrons. The van der Waals surface area contributed by atoms with Crippen molar-refractivity contribution >= 4 is 45.2 Å². The Hall–Kier alpha value is -5.01. The Balaban J connectivity index is 1.61. The van der Waals surface area contributed by atoms with E-state index in [1.165, 1.54) is 30.3 Å². The molecule has 2 fully saturated rings. The minimum Gasteiger partial charge on any atom is -0.429 e. The molecule has 0 unspecified atom stereocenters. The van der Waals surface area contributed by atoms with Gasteiger partial charge in [0, 0.05) is 7.05 Å². The third kappa shape index (κ3) is 3.99. The molecule has 3 amide bonds. The Bertz CT molecular complexity index is 2020. The van der Waals surface area contributed by atoms with Crippen LogP contribution >= 0.6 is 0 Å². The number of piperazine rings is 1. The van der Waals surface area contributed by atoms with Crippen LogP contribution in [0.25, 0.3) is 5.57 Å². The molecule has 1 aliphatic carbocycles. The number of rotatable bonds is 4. The highest BCUT2D eigenvalue weighted by Crippen LogP contribution is 2.65. The molecule has 0 saturated carbocycles. The standard InChI is InChI=1S/C34H31N3O9S/c1-32(2,3)46-31(41)45-28-33(23-19-18-20-12-8-9-15-22(20)23)24-16-10-11-17-25(24)37(47(43,44)21-13-6-5-7-14-21)29(33)36-27(39)26(38)35(4)30(40)34(28,36)42/h5-17,19,28-29,42H,18H2,1-4H3/t28-,29-,33-,34-/m0/s1. The SMILES string of the molecule is CN1C(=O)C(=O)N2[C@H]3N(S(=O)(=O)c4ccccc4)c4ccccc4[C@@]3(C3=CCc4ccccc43)[C@H](OC(=O)OC(C)(C)C)[C@]2(O)C1=O. The third-order valence-corrected chi connectivity index (χ3v) is 10.9. The van der Waals surface area contributed by atoms with E-state index in [0.717, 1.165) is 16.9 Å². The monoisotopic (exact) mass is 657 g/mol. The molecule has 3 aliphatic heterocycles. The predicted molar refractivity (Wildman–Crippen MR) is 167 cm³/mol. The number of ether oxygens (including phenoxy) is 2. The first-order valence-electron chi connectivity index (χ1n) is 14.9. The van der Waals surface area contributed by atoms with Crippen LogP contribution in [-0.2, 0) is 45.7 Å². The molecule has 3 heterocycles. The normalized spacial score (nSPS) is 26.4. The van der Waals surface area contributed by atoms with Crippen molar-refractivity contribution in [3.05, 3.63) is 102 Å². The van der Waals surface area contributed by atoms with E-state index in [9.17, 15) is 32.7 Å². The fraction of sp³-hybridized carbons (Fsp3) is 0.294. The van der Waals surface area contributed by atoms with Crippen LogP contribution in [0.4, 0.5) is 10.5 Å². The average Bonchev–Trinajstić information content (AvgIpc) is 3.65. The number of aliphatic hydroxyl groups is 1. The minimum absolute atomic E-state index is 0.109. The van der Waals surface area contributed by atoms with Gasteiger partial charge in [-0.25, -0.2) is 17.5 Å². The highest BCUT2D eigenvalue weighted by Gasteiger charge is 2.82. The topological polar surface area (TPSA) is 151 Å². The first-order chi connectivity index (χ1) is 22.2. The summed E-state index contributed by atoms with van der Waals surface area (Å²) in [5, 5.41) is 12.7. The maximum Gasteiger partial charge on any atom is 0.509 e. The highest BCUT2D eigenvalue weighted by molar-refractivity contribution is 7.93. The number of imide groups is 1. The fourth-order valence-corrected chi connectivity index (χ4v) is 9.04. The van der Waals surface area contributed by atoms with Gasteiger partial charge in [-0.15, -0.1) is 0 Å². The van der Waals surface area contributed by atoms with Crippen LogP contribution in [0, 0.1) is 0 Å². The van der Waals surface area contributed by atoms with Crippen LogP contribution < -0.4 is 4.31 Å². The van der Waals surface area contributed by atoms with E-state index in [1.54, 1.807) is 63.2 Å². The van der Waals surface area contributed by atoms with E-state index < -0.39 is 62.9 Å². The number of benzene rings is 3. The van der Waals surface area contributed by atoms with Crippen LogP contribution in [0.3, 0.4) is 0 Å². The smallest absolute Gasteiger partial charge is 0.429 e. The number of likely N-dealkylation sites (N-methyl/N-ethyl adjacent to an activating group) is 1. The minimum atomic E-state index is -4.59. The van der Waals surface area contributed by atoms with Gasteiger partial charge in [-0.3, -0.25) is 24.2 Å². The van der Waals surface area contributed by atoms with E-state index in [0.29, 0.717) is 27.4 Å². The fourth-order valence-electron chi connectivity index (χ4n) is 7.37. The summed E-state index contributed by atoms with van der Waals surface area (Å²) in [6, 6.07) is 21.1. The molecule has 4 atom stereocenters. The zero-order valence-corrected chi connectivity index (χ0v) is 26.7. The molecule has 242 valence electrons. The van der Waals surface area contributed by atoms with Crippen molar-refractivity contribution in [2.45, 2.75) is 61.1 Å². The number of hydrogen-bond acceptors (Lipinski definition) is 9. The van der Waals surface area contributed by atoms with Gasteiger partial charge < -0.3 is 14.6 Å². The van der Waals surface area contributed by atoms with Crippen molar-refractivity contribution in [1.29, 1.82) is 0 Å². The van der Waals surface area contributed by atoms with Crippen LogP contribution in [-0.4, -0.2) is 77.8 Å². The molecule has 12 nitrogen and oxygen atoms in total. The molecular weight excluding hydrogens is 626 g/mol. The zero-order chi connectivity index (χ0) is 33.7. The lowest BCUT2D eigenvalue weighted by Crippen LogP contribution is -2.73. The zero-order valence-electron chi connectivity index (χ0n) is 25.9. The van der Waals surface area contributed by atoms with E-state index in [-0.39, 0.29) is 16.1 Å². The second kappa shape index (κ2) is 9.99. The van der Waals surface area contributed by atoms with Gasteiger partial charge in [-0.1, -0.05) is 66.7 Å².